The number of nitrogens with one attached hydrogen (secondary N) is 1. The van der Waals surface area contributed by atoms with E-state index in [0.29, 0.717) is 13.2 Å². The van der Waals surface area contributed by atoms with Crippen LogP contribution in [0.1, 0.15) is 32.1 Å². The Labute approximate surface area is 107 Å². The van der Waals surface area contributed by atoms with Gasteiger partial charge in [0.1, 0.15) is 5.60 Å². The van der Waals surface area contributed by atoms with E-state index in [2.05, 4.69) is 34.7 Å². The van der Waals surface area contributed by atoms with Gasteiger partial charge in [0.15, 0.2) is 5.82 Å². The number of ether oxygens (including phenoxy) is 2. The Bertz CT molecular complexity index is 375. The minimum atomic E-state index is -0.296. The average molecular weight is 255 g/mol. The lowest BCUT2D eigenvalue weighted by atomic mass is 10.0. The summed E-state index contributed by atoms with van der Waals surface area (Å²) in [6.45, 7) is 6.95. The van der Waals surface area contributed by atoms with Crippen LogP contribution in [0.5, 0.6) is 0 Å². The quantitative estimate of drug-likeness (QED) is 0.780. The van der Waals surface area contributed by atoms with Gasteiger partial charge in [-0.25, -0.2) is 4.68 Å². The number of methoxy groups -OCH3 is 1. The first-order valence-corrected chi connectivity index (χ1v) is 6.33. The number of rotatable bonds is 6. The molecule has 0 aliphatic carbocycles. The van der Waals surface area contributed by atoms with E-state index in [0.717, 1.165) is 25.4 Å². The maximum atomic E-state index is 5.61. The Morgan fingerprint density at radius 3 is 3.06 bits per heavy atom. The van der Waals surface area contributed by atoms with Crippen molar-refractivity contribution in [3.8, 4) is 0 Å². The maximum Gasteiger partial charge on any atom is 0.168 e. The Hall–Kier alpha value is -1.05. The third-order valence-electron chi connectivity index (χ3n) is 3.40. The molecular formula is C11H21N5O2. The molecule has 2 rings (SSSR count). The van der Waals surface area contributed by atoms with Crippen LogP contribution in [0.2, 0.25) is 0 Å². The van der Waals surface area contributed by atoms with E-state index in [1.165, 1.54) is 0 Å². The third-order valence-corrected chi connectivity index (χ3v) is 3.40. The fraction of sp³-hybridized carbons (Fsp3) is 0.909. The van der Waals surface area contributed by atoms with Crippen LogP contribution in [0.25, 0.3) is 0 Å². The second-order valence-corrected chi connectivity index (χ2v) is 4.66. The molecular weight excluding hydrogens is 234 g/mol. The molecule has 7 nitrogen and oxygen atoms in total. The van der Waals surface area contributed by atoms with Gasteiger partial charge in [0, 0.05) is 20.1 Å². The van der Waals surface area contributed by atoms with Gasteiger partial charge >= 0.3 is 0 Å². The fourth-order valence-electron chi connectivity index (χ4n) is 2.24. The number of hydrogen-bond donors (Lipinski definition) is 1. The van der Waals surface area contributed by atoms with Crippen molar-refractivity contribution >= 4 is 0 Å². The zero-order valence-electron chi connectivity index (χ0n) is 11.2. The topological polar surface area (TPSA) is 74.1 Å². The summed E-state index contributed by atoms with van der Waals surface area (Å²) in [5.74, 6) is 0.833. The monoisotopic (exact) mass is 255 g/mol. The Morgan fingerprint density at radius 1 is 1.61 bits per heavy atom. The van der Waals surface area contributed by atoms with Crippen molar-refractivity contribution < 1.29 is 9.47 Å². The van der Waals surface area contributed by atoms with Crippen molar-refractivity contribution in [2.75, 3.05) is 26.9 Å². The molecule has 18 heavy (non-hydrogen) atoms. The van der Waals surface area contributed by atoms with E-state index in [1.807, 2.05) is 4.68 Å². The Balaban J connectivity index is 2.11. The van der Waals surface area contributed by atoms with Crippen molar-refractivity contribution in [2.24, 2.45) is 0 Å². The summed E-state index contributed by atoms with van der Waals surface area (Å²) in [7, 11) is 1.71. The predicted molar refractivity (Wildman–Crippen MR) is 65.1 cm³/mol. The van der Waals surface area contributed by atoms with Crippen molar-refractivity contribution in [1.82, 2.24) is 25.5 Å². The fourth-order valence-corrected chi connectivity index (χ4v) is 2.24. The lowest BCUT2D eigenvalue weighted by Gasteiger charge is -2.26. The second-order valence-electron chi connectivity index (χ2n) is 4.66. The molecule has 102 valence electrons. The average Bonchev–Trinajstić information content (AvgIpc) is 3.00. The molecule has 1 aliphatic heterocycles. The number of aromatic nitrogens is 4. The van der Waals surface area contributed by atoms with Gasteiger partial charge in [-0.05, 0) is 23.9 Å². The summed E-state index contributed by atoms with van der Waals surface area (Å²) < 4.78 is 12.8. The molecule has 1 saturated heterocycles. The van der Waals surface area contributed by atoms with E-state index in [4.69, 9.17) is 9.47 Å². The summed E-state index contributed by atoms with van der Waals surface area (Å²) in [5.41, 5.74) is -0.296. The minimum Gasteiger partial charge on any atom is -0.378 e. The highest BCUT2D eigenvalue weighted by atomic mass is 16.5. The standard InChI is InChI=1S/C11H21N5O2/c1-4-12-9(2)10-13-14-15-16(10)7-11(17-3)5-6-18-8-11/h9,12H,4-8H2,1-3H3. The van der Waals surface area contributed by atoms with Gasteiger partial charge in [0.25, 0.3) is 0 Å². The van der Waals surface area contributed by atoms with Crippen LogP contribution in [0, 0.1) is 0 Å². The van der Waals surface area contributed by atoms with Crippen LogP contribution in [-0.4, -0.2) is 52.7 Å². The molecule has 0 bridgehead atoms. The van der Waals surface area contributed by atoms with Crippen LogP contribution < -0.4 is 5.32 Å². The first kappa shape index (κ1) is 13.4. The van der Waals surface area contributed by atoms with Crippen LogP contribution in [0.15, 0.2) is 0 Å². The van der Waals surface area contributed by atoms with Crippen LogP contribution in [-0.2, 0) is 16.0 Å². The smallest absolute Gasteiger partial charge is 0.168 e. The normalized spacial score (nSPS) is 25.5. The summed E-state index contributed by atoms with van der Waals surface area (Å²) in [6.07, 6.45) is 0.873. The molecule has 1 aromatic heterocycles. The van der Waals surface area contributed by atoms with E-state index in [-0.39, 0.29) is 11.6 Å². The van der Waals surface area contributed by atoms with Gasteiger partial charge < -0.3 is 14.8 Å². The molecule has 1 N–H and O–H groups in total. The van der Waals surface area contributed by atoms with Gasteiger partial charge in [-0.3, -0.25) is 0 Å². The van der Waals surface area contributed by atoms with Gasteiger partial charge in [-0.15, -0.1) is 5.10 Å². The highest BCUT2D eigenvalue weighted by Crippen LogP contribution is 2.25. The zero-order chi connectivity index (χ0) is 13.0. The number of hydrogen-bond acceptors (Lipinski definition) is 6. The van der Waals surface area contributed by atoms with Crippen LogP contribution in [0.4, 0.5) is 0 Å². The van der Waals surface area contributed by atoms with Crippen LogP contribution >= 0.6 is 0 Å². The molecule has 0 saturated carbocycles. The van der Waals surface area contributed by atoms with E-state index in [9.17, 15) is 0 Å². The maximum absolute atomic E-state index is 5.61. The van der Waals surface area contributed by atoms with Crippen molar-refractivity contribution in [1.29, 1.82) is 0 Å². The first-order valence-electron chi connectivity index (χ1n) is 6.33. The highest BCUT2D eigenvalue weighted by Gasteiger charge is 2.36. The second kappa shape index (κ2) is 5.73. The lowest BCUT2D eigenvalue weighted by molar-refractivity contribution is -0.0328. The number of tetrazole rings is 1. The zero-order valence-corrected chi connectivity index (χ0v) is 11.2. The largest absolute Gasteiger partial charge is 0.378 e. The molecule has 2 atom stereocenters. The highest BCUT2D eigenvalue weighted by molar-refractivity contribution is 4.93. The predicted octanol–water partition coefficient (Wildman–Crippen LogP) is 0.149. The van der Waals surface area contributed by atoms with Crippen molar-refractivity contribution in [2.45, 2.75) is 38.5 Å². The summed E-state index contributed by atoms with van der Waals surface area (Å²) in [6, 6.07) is 0.126. The molecule has 0 radical (unpaired) electrons. The molecule has 7 heteroatoms. The number of nitrogens with zero attached hydrogens (tertiary/aromatic N) is 4. The summed E-state index contributed by atoms with van der Waals surface area (Å²) in [4.78, 5) is 0. The summed E-state index contributed by atoms with van der Waals surface area (Å²) in [5, 5.41) is 15.2. The molecule has 0 spiro atoms. The van der Waals surface area contributed by atoms with Gasteiger partial charge in [-0.2, -0.15) is 0 Å². The van der Waals surface area contributed by atoms with Crippen LogP contribution in [0.3, 0.4) is 0 Å². The molecule has 2 unspecified atom stereocenters. The third kappa shape index (κ3) is 2.68. The Morgan fingerprint density at radius 2 is 2.44 bits per heavy atom. The molecule has 0 aromatic carbocycles. The van der Waals surface area contributed by atoms with E-state index < -0.39 is 0 Å². The molecule has 1 fully saturated rings. The minimum absolute atomic E-state index is 0.126. The SMILES string of the molecule is CCNC(C)c1nnnn1CC1(OC)CCOC1. The van der Waals surface area contributed by atoms with Gasteiger partial charge in [0.2, 0.25) is 0 Å². The molecule has 1 aromatic rings. The molecule has 0 amide bonds. The first-order chi connectivity index (χ1) is 8.71. The van der Waals surface area contributed by atoms with Crippen molar-refractivity contribution in [3.63, 3.8) is 0 Å². The van der Waals surface area contributed by atoms with Gasteiger partial charge in [-0.1, -0.05) is 6.92 Å². The van der Waals surface area contributed by atoms with Gasteiger partial charge in [0.05, 0.1) is 19.2 Å². The summed E-state index contributed by atoms with van der Waals surface area (Å²) >= 11 is 0. The Kier molecular flexibility index (Phi) is 4.26. The van der Waals surface area contributed by atoms with E-state index in [1.54, 1.807) is 7.11 Å². The van der Waals surface area contributed by atoms with Crippen molar-refractivity contribution in [3.05, 3.63) is 5.82 Å². The molecule has 1 aliphatic rings. The lowest BCUT2D eigenvalue weighted by Crippen LogP contribution is -2.38. The van der Waals surface area contributed by atoms with E-state index >= 15 is 0 Å². The molecule has 2 heterocycles.